The number of aliphatic carboxylic acids is 1. The molecule has 3 heteroatoms. The summed E-state index contributed by atoms with van der Waals surface area (Å²) < 4.78 is 0. The lowest BCUT2D eigenvalue weighted by Gasteiger charge is -2.34. The number of carbonyl (C=O) groups is 1. The van der Waals surface area contributed by atoms with Gasteiger partial charge < -0.3 is 5.11 Å². The van der Waals surface area contributed by atoms with E-state index in [0.29, 0.717) is 6.42 Å². The van der Waals surface area contributed by atoms with Crippen LogP contribution in [-0.4, -0.2) is 28.6 Å². The number of fused-ring (bicyclic) bond motifs is 1. The Balaban J connectivity index is 1.96. The quantitative estimate of drug-likeness (QED) is 0.612. The molecule has 0 bridgehead atoms. The van der Waals surface area contributed by atoms with Crippen LogP contribution in [0.2, 0.25) is 0 Å². The van der Waals surface area contributed by atoms with Crippen LogP contribution < -0.4 is 0 Å². The van der Waals surface area contributed by atoms with Crippen molar-refractivity contribution in [1.29, 1.82) is 0 Å². The van der Waals surface area contributed by atoms with E-state index in [4.69, 9.17) is 0 Å². The molecule has 0 saturated carbocycles. The highest BCUT2D eigenvalue weighted by Crippen LogP contribution is 2.23. The standard InChI is InChI=1S/C17H23NO2/c1-2-3-4-5-8-11-18-13-15-10-7-6-9-14(15)12-16(18)17(19)20/h2,6-7,9-10,16H,1,3-5,8,11-13H2,(H,19,20). The van der Waals surface area contributed by atoms with E-state index in [1.807, 2.05) is 24.3 Å². The van der Waals surface area contributed by atoms with E-state index >= 15 is 0 Å². The monoisotopic (exact) mass is 273 g/mol. The molecule has 0 aromatic heterocycles. The number of hydrogen-bond acceptors (Lipinski definition) is 2. The van der Waals surface area contributed by atoms with Gasteiger partial charge in [0.1, 0.15) is 6.04 Å². The minimum atomic E-state index is -0.703. The Kier molecular flexibility index (Phi) is 5.36. The van der Waals surface area contributed by atoms with Gasteiger partial charge in [-0.3, -0.25) is 9.69 Å². The summed E-state index contributed by atoms with van der Waals surface area (Å²) in [6, 6.07) is 7.81. The van der Waals surface area contributed by atoms with E-state index in [-0.39, 0.29) is 6.04 Å². The minimum Gasteiger partial charge on any atom is -0.480 e. The SMILES string of the molecule is C=CCCCCCN1Cc2ccccc2CC1C(=O)O. The number of rotatable bonds is 7. The Morgan fingerprint density at radius 1 is 1.30 bits per heavy atom. The second kappa shape index (κ2) is 7.25. The fourth-order valence-corrected chi connectivity index (χ4v) is 2.84. The molecule has 1 atom stereocenters. The van der Waals surface area contributed by atoms with Gasteiger partial charge in [-0.2, -0.15) is 0 Å². The van der Waals surface area contributed by atoms with Crippen LogP contribution in [0.15, 0.2) is 36.9 Å². The summed E-state index contributed by atoms with van der Waals surface area (Å²) in [5.41, 5.74) is 2.46. The number of benzene rings is 1. The average Bonchev–Trinajstić information content (AvgIpc) is 2.46. The summed E-state index contributed by atoms with van der Waals surface area (Å²) in [5.74, 6) is -0.703. The molecule has 3 nitrogen and oxygen atoms in total. The molecule has 1 aromatic rings. The predicted molar refractivity (Wildman–Crippen MR) is 80.6 cm³/mol. The fraction of sp³-hybridized carbons (Fsp3) is 0.471. The second-order valence-electron chi connectivity index (χ2n) is 5.44. The summed E-state index contributed by atoms with van der Waals surface area (Å²) in [6.07, 6.45) is 6.95. The Bertz CT molecular complexity index is 470. The summed E-state index contributed by atoms with van der Waals surface area (Å²) in [5, 5.41) is 9.42. The van der Waals surface area contributed by atoms with Gasteiger partial charge in [0.25, 0.3) is 0 Å². The molecule has 0 spiro atoms. The Hall–Kier alpha value is -1.61. The fourth-order valence-electron chi connectivity index (χ4n) is 2.84. The third-order valence-corrected chi connectivity index (χ3v) is 3.98. The zero-order chi connectivity index (χ0) is 14.4. The first-order valence-electron chi connectivity index (χ1n) is 7.37. The highest BCUT2D eigenvalue weighted by molar-refractivity contribution is 5.74. The van der Waals surface area contributed by atoms with E-state index in [1.165, 1.54) is 11.1 Å². The maximum absolute atomic E-state index is 11.5. The van der Waals surface area contributed by atoms with Crippen molar-refractivity contribution in [3.63, 3.8) is 0 Å². The minimum absolute atomic E-state index is 0.371. The first-order chi connectivity index (χ1) is 9.72. The van der Waals surface area contributed by atoms with Crippen LogP contribution in [0.25, 0.3) is 0 Å². The first kappa shape index (κ1) is 14.8. The lowest BCUT2D eigenvalue weighted by molar-refractivity contribution is -0.144. The van der Waals surface area contributed by atoms with Gasteiger partial charge in [-0.05, 0) is 43.4 Å². The third kappa shape index (κ3) is 3.70. The van der Waals surface area contributed by atoms with Crippen LogP contribution in [0.3, 0.4) is 0 Å². The molecular formula is C17H23NO2. The van der Waals surface area contributed by atoms with Gasteiger partial charge in [-0.15, -0.1) is 6.58 Å². The molecule has 1 aromatic carbocycles. The van der Waals surface area contributed by atoms with Gasteiger partial charge in [0.05, 0.1) is 0 Å². The molecule has 2 rings (SSSR count). The van der Waals surface area contributed by atoms with Crippen molar-refractivity contribution in [2.24, 2.45) is 0 Å². The van der Waals surface area contributed by atoms with Crippen LogP contribution in [0.1, 0.15) is 36.8 Å². The molecule has 1 aliphatic heterocycles. The summed E-state index contributed by atoms with van der Waals surface area (Å²) in [7, 11) is 0. The van der Waals surface area contributed by atoms with Crippen molar-refractivity contribution in [3.8, 4) is 0 Å². The van der Waals surface area contributed by atoms with Crippen molar-refractivity contribution in [2.75, 3.05) is 6.54 Å². The van der Waals surface area contributed by atoms with Crippen LogP contribution in [0.5, 0.6) is 0 Å². The Morgan fingerprint density at radius 3 is 2.75 bits per heavy atom. The van der Waals surface area contributed by atoms with Gasteiger partial charge in [-0.1, -0.05) is 36.8 Å². The number of carboxylic acids is 1. The maximum atomic E-state index is 11.5. The smallest absolute Gasteiger partial charge is 0.321 e. The first-order valence-corrected chi connectivity index (χ1v) is 7.37. The lowest BCUT2D eigenvalue weighted by atomic mass is 9.93. The van der Waals surface area contributed by atoms with Gasteiger partial charge in [-0.25, -0.2) is 0 Å². The topological polar surface area (TPSA) is 40.5 Å². The zero-order valence-corrected chi connectivity index (χ0v) is 11.9. The van der Waals surface area contributed by atoms with E-state index in [0.717, 1.165) is 38.8 Å². The largest absolute Gasteiger partial charge is 0.480 e. The number of allylic oxidation sites excluding steroid dienone is 1. The van der Waals surface area contributed by atoms with Crippen LogP contribution in [0, 0.1) is 0 Å². The number of nitrogens with zero attached hydrogens (tertiary/aromatic N) is 1. The summed E-state index contributed by atoms with van der Waals surface area (Å²) >= 11 is 0. The molecule has 0 fully saturated rings. The van der Waals surface area contributed by atoms with Crippen LogP contribution in [-0.2, 0) is 17.8 Å². The third-order valence-electron chi connectivity index (χ3n) is 3.98. The van der Waals surface area contributed by atoms with Crippen molar-refractivity contribution in [3.05, 3.63) is 48.0 Å². The molecule has 1 aliphatic rings. The molecule has 0 aliphatic carbocycles. The molecule has 108 valence electrons. The predicted octanol–water partition coefficient (Wildman–Crippen LogP) is 3.24. The molecule has 1 N–H and O–H groups in total. The van der Waals surface area contributed by atoms with Crippen LogP contribution in [0.4, 0.5) is 0 Å². The van der Waals surface area contributed by atoms with Crippen molar-refractivity contribution in [2.45, 2.75) is 44.7 Å². The molecule has 0 radical (unpaired) electrons. The Morgan fingerprint density at radius 2 is 2.05 bits per heavy atom. The molecule has 0 saturated heterocycles. The average molecular weight is 273 g/mol. The van der Waals surface area contributed by atoms with E-state index in [9.17, 15) is 9.90 Å². The van der Waals surface area contributed by atoms with Crippen molar-refractivity contribution in [1.82, 2.24) is 4.90 Å². The molecular weight excluding hydrogens is 250 g/mol. The van der Waals surface area contributed by atoms with E-state index in [2.05, 4.69) is 17.5 Å². The highest BCUT2D eigenvalue weighted by atomic mass is 16.4. The van der Waals surface area contributed by atoms with Crippen LogP contribution >= 0.6 is 0 Å². The lowest BCUT2D eigenvalue weighted by Crippen LogP contribution is -2.45. The van der Waals surface area contributed by atoms with Gasteiger partial charge in [0.15, 0.2) is 0 Å². The molecule has 0 amide bonds. The van der Waals surface area contributed by atoms with Gasteiger partial charge >= 0.3 is 5.97 Å². The second-order valence-corrected chi connectivity index (χ2v) is 5.44. The number of unbranched alkanes of at least 4 members (excludes halogenated alkanes) is 3. The highest BCUT2D eigenvalue weighted by Gasteiger charge is 2.30. The van der Waals surface area contributed by atoms with Gasteiger partial charge in [0, 0.05) is 6.54 Å². The van der Waals surface area contributed by atoms with Gasteiger partial charge in [0.2, 0.25) is 0 Å². The van der Waals surface area contributed by atoms with E-state index < -0.39 is 5.97 Å². The molecule has 1 heterocycles. The molecule has 1 unspecified atom stereocenters. The number of carboxylic acid groups (broad SMARTS) is 1. The maximum Gasteiger partial charge on any atom is 0.321 e. The Labute approximate surface area is 120 Å². The normalized spacial score (nSPS) is 18.5. The molecule has 20 heavy (non-hydrogen) atoms. The van der Waals surface area contributed by atoms with Crippen molar-refractivity contribution < 1.29 is 9.90 Å². The summed E-state index contributed by atoms with van der Waals surface area (Å²) in [6.45, 7) is 5.34. The van der Waals surface area contributed by atoms with E-state index in [1.54, 1.807) is 0 Å². The summed E-state index contributed by atoms with van der Waals surface area (Å²) in [4.78, 5) is 13.6. The van der Waals surface area contributed by atoms with Crippen molar-refractivity contribution >= 4 is 5.97 Å². The number of hydrogen-bond donors (Lipinski definition) is 1. The zero-order valence-electron chi connectivity index (χ0n) is 11.9.